The molecule has 0 radical (unpaired) electrons. The Bertz CT molecular complexity index is 175. The molecule has 0 saturated heterocycles. The second-order valence-corrected chi connectivity index (χ2v) is 4.50. The monoisotopic (exact) mass is 199 g/mol. The molecule has 2 nitrogen and oxygen atoms in total. The molecule has 0 aromatic heterocycles. The van der Waals surface area contributed by atoms with Crippen LogP contribution in [-0.4, -0.2) is 23.4 Å². The van der Waals surface area contributed by atoms with Gasteiger partial charge in [-0.1, -0.05) is 34.6 Å². The minimum atomic E-state index is 0.114. The van der Waals surface area contributed by atoms with Crippen LogP contribution in [0.1, 0.15) is 48.0 Å². The molecular weight excluding hydrogens is 174 g/mol. The van der Waals surface area contributed by atoms with Crippen LogP contribution in [0.4, 0.5) is 0 Å². The van der Waals surface area contributed by atoms with Crippen LogP contribution in [0, 0.1) is 11.8 Å². The molecule has 1 amide bonds. The Kier molecular flexibility index (Phi) is 5.82. The van der Waals surface area contributed by atoms with Crippen molar-refractivity contribution < 1.29 is 4.79 Å². The van der Waals surface area contributed by atoms with Crippen molar-refractivity contribution in [3.63, 3.8) is 0 Å². The zero-order valence-electron chi connectivity index (χ0n) is 10.5. The van der Waals surface area contributed by atoms with Gasteiger partial charge in [0.1, 0.15) is 0 Å². The van der Waals surface area contributed by atoms with Gasteiger partial charge < -0.3 is 4.90 Å². The number of rotatable bonds is 5. The summed E-state index contributed by atoms with van der Waals surface area (Å²) < 4.78 is 0. The maximum atomic E-state index is 11.9. The fourth-order valence-corrected chi connectivity index (χ4v) is 1.94. The van der Waals surface area contributed by atoms with Crippen molar-refractivity contribution in [1.82, 2.24) is 4.90 Å². The first-order chi connectivity index (χ1) is 6.45. The van der Waals surface area contributed by atoms with Crippen LogP contribution >= 0.6 is 0 Å². The van der Waals surface area contributed by atoms with Gasteiger partial charge in [0.25, 0.3) is 0 Å². The van der Waals surface area contributed by atoms with Gasteiger partial charge in [0.05, 0.1) is 0 Å². The van der Waals surface area contributed by atoms with Crippen LogP contribution in [0.2, 0.25) is 0 Å². The number of amides is 1. The summed E-state index contributed by atoms with van der Waals surface area (Å²) in [5.74, 6) is 0.943. The molecule has 0 aliphatic carbocycles. The van der Waals surface area contributed by atoms with Crippen LogP contribution < -0.4 is 0 Å². The van der Waals surface area contributed by atoms with Crippen LogP contribution in [0.5, 0.6) is 0 Å². The molecule has 0 saturated carbocycles. The Balaban J connectivity index is 4.59. The van der Waals surface area contributed by atoms with Crippen molar-refractivity contribution in [1.29, 1.82) is 0 Å². The predicted molar refractivity (Wildman–Crippen MR) is 61.1 cm³/mol. The van der Waals surface area contributed by atoms with Crippen LogP contribution in [0.15, 0.2) is 0 Å². The van der Waals surface area contributed by atoms with Crippen molar-refractivity contribution in [2.45, 2.75) is 54.0 Å². The van der Waals surface area contributed by atoms with Gasteiger partial charge in [0.2, 0.25) is 5.91 Å². The quantitative estimate of drug-likeness (QED) is 0.666. The van der Waals surface area contributed by atoms with E-state index in [0.29, 0.717) is 12.0 Å². The fraction of sp³-hybridized carbons (Fsp3) is 0.917. The minimum Gasteiger partial charge on any atom is -0.340 e. The van der Waals surface area contributed by atoms with Gasteiger partial charge in [0.15, 0.2) is 0 Å². The molecule has 0 rings (SSSR count). The van der Waals surface area contributed by atoms with Crippen molar-refractivity contribution in [2.75, 3.05) is 6.54 Å². The van der Waals surface area contributed by atoms with Crippen LogP contribution in [-0.2, 0) is 4.79 Å². The van der Waals surface area contributed by atoms with Crippen molar-refractivity contribution in [2.24, 2.45) is 11.8 Å². The Labute approximate surface area is 88.7 Å². The molecular formula is C12H25NO. The third kappa shape index (κ3) is 3.32. The molecule has 0 heterocycles. The maximum absolute atomic E-state index is 11.9. The first-order valence-electron chi connectivity index (χ1n) is 5.76. The van der Waals surface area contributed by atoms with Gasteiger partial charge in [-0.3, -0.25) is 4.79 Å². The highest BCUT2D eigenvalue weighted by atomic mass is 16.2. The van der Waals surface area contributed by atoms with E-state index in [2.05, 4.69) is 27.7 Å². The average molecular weight is 199 g/mol. The van der Waals surface area contributed by atoms with E-state index < -0.39 is 0 Å². The van der Waals surface area contributed by atoms with E-state index in [1.54, 1.807) is 0 Å². The highest BCUT2D eigenvalue weighted by Crippen LogP contribution is 2.16. The van der Waals surface area contributed by atoms with Gasteiger partial charge in [0, 0.05) is 18.5 Å². The first kappa shape index (κ1) is 13.5. The van der Waals surface area contributed by atoms with Crippen LogP contribution in [0.3, 0.4) is 0 Å². The molecule has 1 unspecified atom stereocenters. The number of hydrogen-bond acceptors (Lipinski definition) is 1. The lowest BCUT2D eigenvalue weighted by Crippen LogP contribution is -2.44. The van der Waals surface area contributed by atoms with Crippen molar-refractivity contribution >= 4 is 5.91 Å². The predicted octanol–water partition coefficient (Wildman–Crippen LogP) is 2.93. The van der Waals surface area contributed by atoms with Crippen molar-refractivity contribution in [3.8, 4) is 0 Å². The second kappa shape index (κ2) is 6.05. The lowest BCUT2D eigenvalue weighted by molar-refractivity contribution is -0.137. The summed E-state index contributed by atoms with van der Waals surface area (Å²) in [6, 6.07) is 0.398. The third-order valence-corrected chi connectivity index (χ3v) is 2.71. The Hall–Kier alpha value is -0.530. The largest absolute Gasteiger partial charge is 0.340 e. The summed E-state index contributed by atoms with van der Waals surface area (Å²) in [6.07, 6.45) is 1.05. The molecule has 14 heavy (non-hydrogen) atoms. The summed E-state index contributed by atoms with van der Waals surface area (Å²) in [4.78, 5) is 13.9. The Morgan fingerprint density at radius 2 is 1.64 bits per heavy atom. The molecule has 1 atom stereocenters. The maximum Gasteiger partial charge on any atom is 0.225 e. The van der Waals surface area contributed by atoms with Crippen molar-refractivity contribution in [3.05, 3.63) is 0 Å². The molecule has 0 aliphatic rings. The summed E-state index contributed by atoms with van der Waals surface area (Å²) in [5.41, 5.74) is 0. The van der Waals surface area contributed by atoms with E-state index in [-0.39, 0.29) is 11.8 Å². The molecule has 2 heteroatoms. The third-order valence-electron chi connectivity index (χ3n) is 2.71. The normalized spacial score (nSPS) is 13.4. The van der Waals surface area contributed by atoms with E-state index in [1.807, 2.05) is 18.7 Å². The van der Waals surface area contributed by atoms with Gasteiger partial charge in [-0.25, -0.2) is 0 Å². The standard InChI is InChI=1S/C12H25NO/c1-7-11(9(3)4)13(8-2)12(14)10(5)6/h9-11H,7-8H2,1-6H3. The molecule has 0 fully saturated rings. The van der Waals surface area contributed by atoms with E-state index in [4.69, 9.17) is 0 Å². The molecule has 84 valence electrons. The highest BCUT2D eigenvalue weighted by molar-refractivity contribution is 5.78. The SMILES string of the molecule is CCC(C(C)C)N(CC)C(=O)C(C)C. The zero-order valence-corrected chi connectivity index (χ0v) is 10.5. The smallest absolute Gasteiger partial charge is 0.225 e. The van der Waals surface area contributed by atoms with Gasteiger partial charge in [-0.2, -0.15) is 0 Å². The van der Waals surface area contributed by atoms with Gasteiger partial charge in [-0.05, 0) is 19.3 Å². The molecule has 0 N–H and O–H groups in total. The van der Waals surface area contributed by atoms with Gasteiger partial charge >= 0.3 is 0 Å². The molecule has 0 bridgehead atoms. The second-order valence-electron chi connectivity index (χ2n) is 4.50. The van der Waals surface area contributed by atoms with E-state index >= 15 is 0 Å². The lowest BCUT2D eigenvalue weighted by atomic mass is 9.98. The first-order valence-corrected chi connectivity index (χ1v) is 5.76. The number of carbonyl (C=O) groups is 1. The molecule has 0 aromatic rings. The number of carbonyl (C=O) groups excluding carboxylic acids is 1. The van der Waals surface area contributed by atoms with Crippen LogP contribution in [0.25, 0.3) is 0 Å². The van der Waals surface area contributed by atoms with Gasteiger partial charge in [-0.15, -0.1) is 0 Å². The highest BCUT2D eigenvalue weighted by Gasteiger charge is 2.24. The zero-order chi connectivity index (χ0) is 11.3. The molecule has 0 aromatic carbocycles. The minimum absolute atomic E-state index is 0.114. The summed E-state index contributed by atoms with van der Waals surface area (Å²) in [6.45, 7) is 13.4. The summed E-state index contributed by atoms with van der Waals surface area (Å²) >= 11 is 0. The van der Waals surface area contributed by atoms with E-state index in [0.717, 1.165) is 13.0 Å². The lowest BCUT2D eigenvalue weighted by Gasteiger charge is -2.34. The van der Waals surface area contributed by atoms with E-state index in [9.17, 15) is 4.79 Å². The number of hydrogen-bond donors (Lipinski definition) is 0. The fourth-order valence-electron chi connectivity index (χ4n) is 1.94. The Morgan fingerprint density at radius 1 is 1.14 bits per heavy atom. The molecule has 0 spiro atoms. The number of nitrogens with zero attached hydrogens (tertiary/aromatic N) is 1. The van der Waals surface area contributed by atoms with E-state index in [1.165, 1.54) is 0 Å². The summed E-state index contributed by atoms with van der Waals surface area (Å²) in [7, 11) is 0. The topological polar surface area (TPSA) is 20.3 Å². The Morgan fingerprint density at radius 3 is 1.86 bits per heavy atom. The summed E-state index contributed by atoms with van der Waals surface area (Å²) in [5, 5.41) is 0. The average Bonchev–Trinajstić information content (AvgIpc) is 2.11. The molecule has 0 aliphatic heterocycles.